The zero-order chi connectivity index (χ0) is 17.6. The van der Waals surface area contributed by atoms with Crippen LogP contribution >= 0.6 is 0 Å². The third kappa shape index (κ3) is 5.21. The topological polar surface area (TPSA) is 78.5 Å². The molecule has 1 aliphatic rings. The quantitative estimate of drug-likeness (QED) is 0.785. The molecule has 1 heterocycles. The molecule has 24 heavy (non-hydrogen) atoms. The molecule has 0 radical (unpaired) electrons. The normalized spacial score (nSPS) is 18.4. The molecule has 0 saturated carbocycles. The summed E-state index contributed by atoms with van der Waals surface area (Å²) in [5.41, 5.74) is 0.967. The van der Waals surface area contributed by atoms with Crippen LogP contribution in [0.15, 0.2) is 24.3 Å². The van der Waals surface area contributed by atoms with Gasteiger partial charge in [0.15, 0.2) is 0 Å². The minimum Gasteiger partial charge on any atom is -0.338 e. The summed E-state index contributed by atoms with van der Waals surface area (Å²) in [6.45, 7) is 4.22. The van der Waals surface area contributed by atoms with E-state index in [2.05, 4.69) is 10.0 Å². The predicted molar refractivity (Wildman–Crippen MR) is 96.7 cm³/mol. The van der Waals surface area contributed by atoms with Crippen molar-refractivity contribution in [2.75, 3.05) is 37.2 Å². The van der Waals surface area contributed by atoms with E-state index >= 15 is 0 Å². The van der Waals surface area contributed by atoms with E-state index in [4.69, 9.17) is 0 Å². The Morgan fingerprint density at radius 3 is 2.88 bits per heavy atom. The van der Waals surface area contributed by atoms with Gasteiger partial charge in [-0.3, -0.25) is 9.52 Å². The van der Waals surface area contributed by atoms with Gasteiger partial charge in [-0.05, 0) is 57.0 Å². The van der Waals surface area contributed by atoms with E-state index in [1.54, 1.807) is 24.3 Å². The second-order valence-corrected chi connectivity index (χ2v) is 8.16. The average Bonchev–Trinajstić information content (AvgIpc) is 2.54. The van der Waals surface area contributed by atoms with Gasteiger partial charge in [-0.15, -0.1) is 0 Å². The van der Waals surface area contributed by atoms with Gasteiger partial charge >= 0.3 is 0 Å². The molecule has 1 aliphatic heterocycles. The van der Waals surface area contributed by atoms with Gasteiger partial charge in [-0.1, -0.05) is 13.0 Å². The molecule has 0 aliphatic carbocycles. The number of anilines is 1. The molecule has 0 aromatic heterocycles. The van der Waals surface area contributed by atoms with Gasteiger partial charge in [0.1, 0.15) is 0 Å². The highest BCUT2D eigenvalue weighted by molar-refractivity contribution is 7.92. The van der Waals surface area contributed by atoms with E-state index < -0.39 is 10.0 Å². The van der Waals surface area contributed by atoms with E-state index in [1.807, 2.05) is 18.9 Å². The lowest BCUT2D eigenvalue weighted by molar-refractivity contribution is 0.0674. The van der Waals surface area contributed by atoms with Crippen LogP contribution in [-0.4, -0.2) is 51.7 Å². The van der Waals surface area contributed by atoms with Crippen molar-refractivity contribution < 1.29 is 13.2 Å². The van der Waals surface area contributed by atoms with E-state index in [-0.39, 0.29) is 11.7 Å². The number of benzene rings is 1. The summed E-state index contributed by atoms with van der Waals surface area (Å²) in [7, 11) is -1.43. The van der Waals surface area contributed by atoms with Crippen molar-refractivity contribution in [1.29, 1.82) is 0 Å². The number of hydrogen-bond acceptors (Lipinski definition) is 4. The van der Waals surface area contributed by atoms with E-state index in [1.165, 1.54) is 0 Å². The first kappa shape index (κ1) is 18.7. The van der Waals surface area contributed by atoms with Crippen LogP contribution in [0.25, 0.3) is 0 Å². The van der Waals surface area contributed by atoms with Crippen LogP contribution < -0.4 is 10.0 Å². The number of amides is 1. The average molecular weight is 353 g/mol. The van der Waals surface area contributed by atoms with E-state index in [0.29, 0.717) is 23.6 Å². The summed E-state index contributed by atoms with van der Waals surface area (Å²) >= 11 is 0. The Hall–Kier alpha value is -1.60. The third-order valence-electron chi connectivity index (χ3n) is 4.15. The molecular weight excluding hydrogens is 326 g/mol. The first-order valence-electron chi connectivity index (χ1n) is 8.49. The Kier molecular flexibility index (Phi) is 6.62. The first-order chi connectivity index (χ1) is 11.4. The number of rotatable bonds is 7. The molecule has 7 heteroatoms. The predicted octanol–water partition coefficient (Wildman–Crippen LogP) is 1.91. The molecule has 2 rings (SSSR count). The summed E-state index contributed by atoms with van der Waals surface area (Å²) in [6, 6.07) is 6.74. The lowest BCUT2D eigenvalue weighted by Crippen LogP contribution is -2.42. The Balaban J connectivity index is 2.08. The van der Waals surface area contributed by atoms with Gasteiger partial charge in [0.05, 0.1) is 5.75 Å². The van der Waals surface area contributed by atoms with Gasteiger partial charge in [0.2, 0.25) is 10.0 Å². The van der Waals surface area contributed by atoms with Gasteiger partial charge < -0.3 is 10.2 Å². The van der Waals surface area contributed by atoms with Gasteiger partial charge in [-0.2, -0.15) is 0 Å². The number of nitrogens with zero attached hydrogens (tertiary/aromatic N) is 1. The first-order valence-corrected chi connectivity index (χ1v) is 10.1. The maximum absolute atomic E-state index is 12.7. The van der Waals surface area contributed by atoms with Crippen molar-refractivity contribution in [2.45, 2.75) is 26.2 Å². The summed E-state index contributed by atoms with van der Waals surface area (Å²) in [5.74, 6) is 0.509. The number of hydrogen-bond donors (Lipinski definition) is 2. The van der Waals surface area contributed by atoms with E-state index in [9.17, 15) is 13.2 Å². The fraction of sp³-hybridized carbons (Fsp3) is 0.588. The van der Waals surface area contributed by atoms with Gasteiger partial charge in [0, 0.05) is 24.3 Å². The number of likely N-dealkylation sites (tertiary alicyclic amines) is 1. The Bertz CT molecular complexity index is 659. The lowest BCUT2D eigenvalue weighted by atomic mass is 9.97. The molecule has 0 bridgehead atoms. The second kappa shape index (κ2) is 8.48. The van der Waals surface area contributed by atoms with Crippen molar-refractivity contribution in [3.63, 3.8) is 0 Å². The van der Waals surface area contributed by atoms with Crippen LogP contribution in [0.1, 0.15) is 36.5 Å². The monoisotopic (exact) mass is 353 g/mol. The Morgan fingerprint density at radius 1 is 1.38 bits per heavy atom. The molecule has 134 valence electrons. The number of nitrogens with one attached hydrogen (secondary N) is 2. The van der Waals surface area contributed by atoms with Crippen molar-refractivity contribution in [1.82, 2.24) is 10.2 Å². The van der Waals surface area contributed by atoms with Crippen LogP contribution in [-0.2, 0) is 10.0 Å². The number of piperidine rings is 1. The summed E-state index contributed by atoms with van der Waals surface area (Å²) < 4.78 is 26.3. The highest BCUT2D eigenvalue weighted by atomic mass is 32.2. The molecule has 2 N–H and O–H groups in total. The summed E-state index contributed by atoms with van der Waals surface area (Å²) in [6.07, 6.45) is 2.68. The zero-order valence-corrected chi connectivity index (χ0v) is 15.2. The fourth-order valence-electron chi connectivity index (χ4n) is 3.10. The smallest absolute Gasteiger partial charge is 0.253 e. The van der Waals surface area contributed by atoms with Crippen molar-refractivity contribution in [3.8, 4) is 0 Å². The molecule has 1 fully saturated rings. The Morgan fingerprint density at radius 2 is 2.17 bits per heavy atom. The molecule has 1 atom stereocenters. The van der Waals surface area contributed by atoms with Gasteiger partial charge in [0.25, 0.3) is 5.91 Å². The summed E-state index contributed by atoms with van der Waals surface area (Å²) in [5, 5.41) is 3.17. The van der Waals surface area contributed by atoms with Crippen LogP contribution in [0.3, 0.4) is 0 Å². The van der Waals surface area contributed by atoms with Crippen molar-refractivity contribution in [2.24, 2.45) is 5.92 Å². The van der Waals surface area contributed by atoms with Crippen molar-refractivity contribution in [3.05, 3.63) is 29.8 Å². The maximum atomic E-state index is 12.7. The minimum atomic E-state index is -3.35. The molecule has 1 aromatic rings. The number of carbonyl (C=O) groups is 1. The maximum Gasteiger partial charge on any atom is 0.253 e. The largest absolute Gasteiger partial charge is 0.338 e. The molecule has 1 unspecified atom stereocenters. The van der Waals surface area contributed by atoms with E-state index in [0.717, 1.165) is 32.5 Å². The molecule has 1 amide bonds. The molecule has 1 saturated heterocycles. The van der Waals surface area contributed by atoms with Crippen molar-refractivity contribution >= 4 is 21.6 Å². The molecule has 0 spiro atoms. The standard InChI is InChI=1S/C17H27N3O3S/c1-3-10-24(22,23)19-16-8-4-7-15(11-16)17(21)20-9-5-6-14(13-20)12-18-2/h4,7-8,11,14,18-19H,3,5-6,9-10,12-13H2,1-2H3. The third-order valence-corrected chi connectivity index (χ3v) is 5.65. The molecular formula is C17H27N3O3S. The highest BCUT2D eigenvalue weighted by Crippen LogP contribution is 2.20. The van der Waals surface area contributed by atoms with Crippen LogP contribution in [0, 0.1) is 5.92 Å². The highest BCUT2D eigenvalue weighted by Gasteiger charge is 2.24. The number of carbonyl (C=O) groups excluding carboxylic acids is 1. The summed E-state index contributed by atoms with van der Waals surface area (Å²) in [4.78, 5) is 14.6. The zero-order valence-electron chi connectivity index (χ0n) is 14.4. The van der Waals surface area contributed by atoms with Crippen LogP contribution in [0.2, 0.25) is 0 Å². The number of sulfonamides is 1. The molecule has 1 aromatic carbocycles. The van der Waals surface area contributed by atoms with Gasteiger partial charge in [-0.25, -0.2) is 8.42 Å². The van der Waals surface area contributed by atoms with Crippen LogP contribution in [0.4, 0.5) is 5.69 Å². The van der Waals surface area contributed by atoms with Crippen LogP contribution in [0.5, 0.6) is 0 Å². The minimum absolute atomic E-state index is 0.0349. The molecule has 6 nitrogen and oxygen atoms in total. The lowest BCUT2D eigenvalue weighted by Gasteiger charge is -2.32. The second-order valence-electron chi connectivity index (χ2n) is 6.32. The fourth-order valence-corrected chi connectivity index (χ4v) is 4.23. The Labute approximate surface area is 144 Å². The SMILES string of the molecule is CCCS(=O)(=O)Nc1cccc(C(=O)N2CCCC(CNC)C2)c1.